The third-order valence-electron chi connectivity index (χ3n) is 5.77. The summed E-state index contributed by atoms with van der Waals surface area (Å²) in [5.74, 6) is 0.168. The van der Waals surface area contributed by atoms with Gasteiger partial charge in [0.2, 0.25) is 0 Å². The van der Waals surface area contributed by atoms with E-state index in [1.807, 2.05) is 55.6 Å². The number of likely N-dealkylation sites (tertiary alicyclic amines) is 1. The van der Waals surface area contributed by atoms with E-state index in [9.17, 15) is 4.79 Å². The van der Waals surface area contributed by atoms with E-state index < -0.39 is 5.97 Å². The van der Waals surface area contributed by atoms with Crippen molar-refractivity contribution < 1.29 is 14.3 Å². The largest absolute Gasteiger partial charge is 0.491 e. The highest BCUT2D eigenvalue weighted by atomic mass is 35.5. The Hall–Kier alpha value is -2.89. The number of esters is 1. The van der Waals surface area contributed by atoms with Gasteiger partial charge in [0.1, 0.15) is 17.9 Å². The first-order valence-corrected chi connectivity index (χ1v) is 11.2. The smallest absolute Gasteiger partial charge is 0.341 e. The lowest BCUT2D eigenvalue weighted by Gasteiger charge is -2.18. The zero-order chi connectivity index (χ0) is 22.5. The number of hydrogen-bond donors (Lipinski definition) is 0. The number of methoxy groups -OCH3 is 1. The number of pyridine rings is 1. The lowest BCUT2D eigenvalue weighted by atomic mass is 10.0. The Morgan fingerprint density at radius 1 is 1.03 bits per heavy atom. The van der Waals surface area contributed by atoms with Crippen LogP contribution in [0.4, 0.5) is 0 Å². The van der Waals surface area contributed by atoms with E-state index >= 15 is 0 Å². The van der Waals surface area contributed by atoms with Gasteiger partial charge in [0, 0.05) is 28.9 Å². The van der Waals surface area contributed by atoms with Gasteiger partial charge in [0.15, 0.2) is 0 Å². The number of halogens is 1. The van der Waals surface area contributed by atoms with Gasteiger partial charge in [-0.25, -0.2) is 4.79 Å². The zero-order valence-corrected chi connectivity index (χ0v) is 19.2. The van der Waals surface area contributed by atoms with Crippen LogP contribution in [0.5, 0.6) is 5.75 Å². The molecule has 1 aliphatic heterocycles. The van der Waals surface area contributed by atoms with Crippen LogP contribution >= 0.6 is 11.6 Å². The van der Waals surface area contributed by atoms with Gasteiger partial charge < -0.3 is 9.47 Å². The molecule has 0 amide bonds. The third-order valence-corrected chi connectivity index (χ3v) is 6.02. The SMILES string of the molecule is COC(=O)c1cc(-c2ccc(-c3ccc(Cl)cc3)cn2)cc(C)c1OCCN1CCCC1. The number of aromatic nitrogens is 1. The Balaban J connectivity index is 1.57. The first kappa shape index (κ1) is 22.3. The number of aryl methyl sites for hydroxylation is 1. The Morgan fingerprint density at radius 3 is 2.41 bits per heavy atom. The second-order valence-corrected chi connectivity index (χ2v) is 8.43. The van der Waals surface area contributed by atoms with Crippen molar-refractivity contribution in [1.29, 1.82) is 0 Å². The van der Waals surface area contributed by atoms with Crippen molar-refractivity contribution in [2.45, 2.75) is 19.8 Å². The van der Waals surface area contributed by atoms with Crippen molar-refractivity contribution in [2.75, 3.05) is 33.4 Å². The van der Waals surface area contributed by atoms with Crippen molar-refractivity contribution in [1.82, 2.24) is 9.88 Å². The maximum Gasteiger partial charge on any atom is 0.341 e. The van der Waals surface area contributed by atoms with Crippen LogP contribution in [0.1, 0.15) is 28.8 Å². The highest BCUT2D eigenvalue weighted by Crippen LogP contribution is 2.31. The van der Waals surface area contributed by atoms with Crippen molar-refractivity contribution >= 4 is 17.6 Å². The van der Waals surface area contributed by atoms with Crippen LogP contribution in [0, 0.1) is 6.92 Å². The molecule has 3 aromatic rings. The molecule has 5 nitrogen and oxygen atoms in total. The fraction of sp³-hybridized carbons (Fsp3) is 0.308. The van der Waals surface area contributed by atoms with Crippen molar-refractivity contribution in [3.05, 3.63) is 70.9 Å². The van der Waals surface area contributed by atoms with E-state index in [0.29, 0.717) is 22.9 Å². The average molecular weight is 451 g/mol. The maximum atomic E-state index is 12.5. The van der Waals surface area contributed by atoms with Gasteiger partial charge in [-0.05, 0) is 74.3 Å². The summed E-state index contributed by atoms with van der Waals surface area (Å²) in [5, 5.41) is 0.701. The molecular weight excluding hydrogens is 424 g/mol. The molecule has 4 rings (SSSR count). The summed E-state index contributed by atoms with van der Waals surface area (Å²) in [7, 11) is 1.39. The van der Waals surface area contributed by atoms with E-state index in [0.717, 1.165) is 47.6 Å². The minimum Gasteiger partial charge on any atom is -0.491 e. The highest BCUT2D eigenvalue weighted by molar-refractivity contribution is 6.30. The number of ether oxygens (including phenoxy) is 2. The predicted octanol–water partition coefficient (Wildman–Crippen LogP) is 5.64. The van der Waals surface area contributed by atoms with Crippen LogP contribution in [0.3, 0.4) is 0 Å². The normalized spacial score (nSPS) is 13.8. The van der Waals surface area contributed by atoms with Gasteiger partial charge >= 0.3 is 5.97 Å². The number of carbonyl (C=O) groups is 1. The monoisotopic (exact) mass is 450 g/mol. The molecule has 0 unspecified atom stereocenters. The molecule has 6 heteroatoms. The average Bonchev–Trinajstić information content (AvgIpc) is 3.33. The number of nitrogens with zero attached hydrogens (tertiary/aromatic N) is 2. The molecule has 0 aliphatic carbocycles. The number of hydrogen-bond acceptors (Lipinski definition) is 5. The van der Waals surface area contributed by atoms with E-state index in [4.69, 9.17) is 21.1 Å². The van der Waals surface area contributed by atoms with E-state index in [1.54, 1.807) is 6.07 Å². The van der Waals surface area contributed by atoms with Crippen LogP contribution in [-0.4, -0.2) is 49.2 Å². The molecule has 166 valence electrons. The second-order valence-electron chi connectivity index (χ2n) is 8.00. The second kappa shape index (κ2) is 10.2. The minimum absolute atomic E-state index is 0.413. The highest BCUT2D eigenvalue weighted by Gasteiger charge is 2.19. The Labute approximate surface area is 193 Å². The fourth-order valence-electron chi connectivity index (χ4n) is 4.04. The first-order valence-electron chi connectivity index (χ1n) is 10.9. The van der Waals surface area contributed by atoms with Gasteiger partial charge in [-0.2, -0.15) is 0 Å². The molecular formula is C26H27ClN2O3. The van der Waals surface area contributed by atoms with Crippen LogP contribution < -0.4 is 4.74 Å². The molecule has 0 N–H and O–H groups in total. The van der Waals surface area contributed by atoms with Crippen molar-refractivity contribution in [2.24, 2.45) is 0 Å². The van der Waals surface area contributed by atoms with Gasteiger partial charge in [-0.1, -0.05) is 29.8 Å². The summed E-state index contributed by atoms with van der Waals surface area (Å²) in [6.07, 6.45) is 4.31. The van der Waals surface area contributed by atoms with Gasteiger partial charge in [0.05, 0.1) is 12.8 Å². The molecule has 0 spiro atoms. The number of carbonyl (C=O) groups excluding carboxylic acids is 1. The lowest BCUT2D eigenvalue weighted by Crippen LogP contribution is -2.25. The van der Waals surface area contributed by atoms with Gasteiger partial charge in [-0.3, -0.25) is 9.88 Å². The molecule has 0 radical (unpaired) electrons. The lowest BCUT2D eigenvalue weighted by molar-refractivity contribution is 0.0595. The molecule has 2 aromatic carbocycles. The predicted molar refractivity (Wildman–Crippen MR) is 127 cm³/mol. The van der Waals surface area contributed by atoms with Crippen LogP contribution in [0.25, 0.3) is 22.4 Å². The van der Waals surface area contributed by atoms with E-state index in [-0.39, 0.29) is 0 Å². The summed E-state index contributed by atoms with van der Waals surface area (Å²) in [4.78, 5) is 19.5. The molecule has 0 bridgehead atoms. The standard InChI is InChI=1S/C26H27ClN2O3/c1-18-15-21(24-10-7-20(17-28-24)19-5-8-22(27)9-6-19)16-23(26(30)31-2)25(18)32-14-13-29-11-3-4-12-29/h5-10,15-17H,3-4,11-14H2,1-2H3. The van der Waals surface area contributed by atoms with Gasteiger partial charge in [-0.15, -0.1) is 0 Å². The molecule has 2 heterocycles. The van der Waals surface area contributed by atoms with Crippen LogP contribution in [0.2, 0.25) is 5.02 Å². The zero-order valence-electron chi connectivity index (χ0n) is 18.4. The van der Waals surface area contributed by atoms with Crippen LogP contribution in [0.15, 0.2) is 54.7 Å². The summed E-state index contributed by atoms with van der Waals surface area (Å²) in [6.45, 7) is 5.57. The molecule has 1 aromatic heterocycles. The summed E-state index contributed by atoms with van der Waals surface area (Å²) < 4.78 is 11.1. The van der Waals surface area contributed by atoms with Crippen LogP contribution in [-0.2, 0) is 4.74 Å². The first-order chi connectivity index (χ1) is 15.5. The van der Waals surface area contributed by atoms with Gasteiger partial charge in [0.25, 0.3) is 0 Å². The Kier molecular flexibility index (Phi) is 7.08. The summed E-state index contributed by atoms with van der Waals surface area (Å²) in [6, 6.07) is 15.4. The molecule has 1 saturated heterocycles. The minimum atomic E-state index is -0.413. The van der Waals surface area contributed by atoms with Crippen molar-refractivity contribution in [3.63, 3.8) is 0 Å². The van der Waals surface area contributed by atoms with E-state index in [2.05, 4.69) is 9.88 Å². The Morgan fingerprint density at radius 2 is 1.75 bits per heavy atom. The summed E-state index contributed by atoms with van der Waals surface area (Å²) >= 11 is 5.98. The third kappa shape index (κ3) is 5.12. The number of rotatable bonds is 7. The molecule has 1 fully saturated rings. The summed E-state index contributed by atoms with van der Waals surface area (Å²) in [5.41, 5.74) is 4.97. The fourth-order valence-corrected chi connectivity index (χ4v) is 4.16. The van der Waals surface area contributed by atoms with E-state index in [1.165, 1.54) is 20.0 Å². The molecule has 1 aliphatic rings. The molecule has 32 heavy (non-hydrogen) atoms. The molecule has 0 saturated carbocycles. The Bertz CT molecular complexity index is 1080. The van der Waals surface area contributed by atoms with Crippen molar-refractivity contribution in [3.8, 4) is 28.1 Å². The molecule has 0 atom stereocenters. The topological polar surface area (TPSA) is 51.7 Å². The number of benzene rings is 2. The maximum absolute atomic E-state index is 12.5. The quantitative estimate of drug-likeness (QED) is 0.436.